The molecule has 0 radical (unpaired) electrons. The normalized spacial score (nSPS) is 24.9. The van der Waals surface area contributed by atoms with Crippen molar-refractivity contribution in [2.75, 3.05) is 20.2 Å². The molecule has 0 aromatic rings. The smallest absolute Gasteiger partial charge is 0.320 e. The van der Waals surface area contributed by atoms with Crippen LogP contribution in [-0.4, -0.2) is 37.1 Å². The lowest BCUT2D eigenvalue weighted by atomic mass is 9.87. The molecule has 0 amide bonds. The fourth-order valence-electron chi connectivity index (χ4n) is 2.39. The van der Waals surface area contributed by atoms with E-state index in [0.717, 1.165) is 18.8 Å². The lowest BCUT2D eigenvalue weighted by Crippen LogP contribution is -2.38. The van der Waals surface area contributed by atoms with E-state index in [0.29, 0.717) is 19.2 Å². The van der Waals surface area contributed by atoms with Gasteiger partial charge in [-0.05, 0) is 45.1 Å². The highest BCUT2D eigenvalue weighted by molar-refractivity contribution is 5.71. The van der Waals surface area contributed by atoms with Gasteiger partial charge in [0.1, 0.15) is 0 Å². The van der Waals surface area contributed by atoms with Crippen LogP contribution >= 0.6 is 0 Å². The molecule has 0 saturated heterocycles. The van der Waals surface area contributed by atoms with Crippen LogP contribution in [0.1, 0.15) is 52.4 Å². The Morgan fingerprint density at radius 3 is 2.53 bits per heavy atom. The molecule has 0 bridgehead atoms. The third-order valence-electron chi connectivity index (χ3n) is 3.75. The summed E-state index contributed by atoms with van der Waals surface area (Å²) in [5.41, 5.74) is 0. The quantitative estimate of drug-likeness (QED) is 0.529. The van der Waals surface area contributed by atoms with Crippen LogP contribution in [-0.2, 0) is 9.53 Å². The summed E-state index contributed by atoms with van der Waals surface area (Å²) in [6.07, 6.45) is 7.07. The maximum absolute atomic E-state index is 11.6. The third kappa shape index (κ3) is 5.53. The number of carbonyl (C=O) groups is 1. The first kappa shape index (κ1) is 14.5. The topological polar surface area (TPSA) is 29.5 Å². The molecule has 0 aliphatic heterocycles. The Balaban J connectivity index is 2.19. The molecule has 1 fully saturated rings. The molecular formula is C14H27NO2. The zero-order valence-corrected chi connectivity index (χ0v) is 11.6. The van der Waals surface area contributed by atoms with Crippen LogP contribution in [0.3, 0.4) is 0 Å². The van der Waals surface area contributed by atoms with E-state index in [4.69, 9.17) is 4.74 Å². The monoisotopic (exact) mass is 241 g/mol. The second-order valence-corrected chi connectivity index (χ2v) is 5.40. The lowest BCUT2D eigenvalue weighted by Gasteiger charge is -2.32. The van der Waals surface area contributed by atoms with Gasteiger partial charge in [0.15, 0.2) is 0 Å². The van der Waals surface area contributed by atoms with Crippen LogP contribution in [0.2, 0.25) is 0 Å². The largest absolute Gasteiger partial charge is 0.465 e. The van der Waals surface area contributed by atoms with Gasteiger partial charge in [-0.3, -0.25) is 9.69 Å². The van der Waals surface area contributed by atoms with Crippen molar-refractivity contribution in [1.29, 1.82) is 0 Å². The summed E-state index contributed by atoms with van der Waals surface area (Å²) in [6, 6.07) is 0.574. The molecule has 3 heteroatoms. The number of unbranched alkanes of at least 4 members (excludes halogenated alkanes) is 1. The SMILES string of the molecule is CCCCOC(=O)CN(C)C1CCC(C)CC1. The van der Waals surface area contributed by atoms with Crippen molar-refractivity contribution in [3.8, 4) is 0 Å². The minimum atomic E-state index is -0.0698. The number of hydrogen-bond donors (Lipinski definition) is 0. The maximum Gasteiger partial charge on any atom is 0.320 e. The summed E-state index contributed by atoms with van der Waals surface area (Å²) in [5.74, 6) is 0.788. The first-order valence-corrected chi connectivity index (χ1v) is 6.99. The van der Waals surface area contributed by atoms with Crippen LogP contribution in [0.25, 0.3) is 0 Å². The van der Waals surface area contributed by atoms with Crippen molar-refractivity contribution in [3.63, 3.8) is 0 Å². The Morgan fingerprint density at radius 1 is 1.29 bits per heavy atom. The highest BCUT2D eigenvalue weighted by atomic mass is 16.5. The first-order valence-electron chi connectivity index (χ1n) is 6.99. The average molecular weight is 241 g/mol. The fourth-order valence-corrected chi connectivity index (χ4v) is 2.39. The van der Waals surface area contributed by atoms with Crippen molar-refractivity contribution in [2.45, 2.75) is 58.4 Å². The van der Waals surface area contributed by atoms with Crippen molar-refractivity contribution in [3.05, 3.63) is 0 Å². The van der Waals surface area contributed by atoms with Gasteiger partial charge in [-0.25, -0.2) is 0 Å². The summed E-state index contributed by atoms with van der Waals surface area (Å²) in [4.78, 5) is 13.7. The van der Waals surface area contributed by atoms with Crippen LogP contribution in [0, 0.1) is 5.92 Å². The van der Waals surface area contributed by atoms with E-state index in [1.54, 1.807) is 0 Å². The molecule has 1 aliphatic carbocycles. The van der Waals surface area contributed by atoms with Crippen molar-refractivity contribution < 1.29 is 9.53 Å². The van der Waals surface area contributed by atoms with Crippen molar-refractivity contribution in [1.82, 2.24) is 4.90 Å². The standard InChI is InChI=1S/C14H27NO2/c1-4-5-10-17-14(16)11-15(3)13-8-6-12(2)7-9-13/h12-13H,4-11H2,1-3H3. The zero-order valence-electron chi connectivity index (χ0n) is 11.6. The second kappa shape index (κ2) is 7.70. The van der Waals surface area contributed by atoms with E-state index in [1.165, 1.54) is 25.7 Å². The molecule has 0 heterocycles. The molecule has 0 spiro atoms. The predicted octanol–water partition coefficient (Wildman–Crippen LogP) is 2.84. The molecule has 100 valence electrons. The lowest BCUT2D eigenvalue weighted by molar-refractivity contribution is -0.145. The van der Waals surface area contributed by atoms with Gasteiger partial charge >= 0.3 is 5.97 Å². The number of esters is 1. The maximum atomic E-state index is 11.6. The Labute approximate surface area is 106 Å². The predicted molar refractivity (Wildman–Crippen MR) is 69.9 cm³/mol. The number of carbonyl (C=O) groups excluding carboxylic acids is 1. The summed E-state index contributed by atoms with van der Waals surface area (Å²) in [5, 5.41) is 0. The van der Waals surface area contributed by atoms with Crippen LogP contribution in [0.15, 0.2) is 0 Å². The van der Waals surface area contributed by atoms with Gasteiger partial charge in [0.05, 0.1) is 13.2 Å². The number of ether oxygens (including phenoxy) is 1. The molecule has 0 aromatic carbocycles. The number of likely N-dealkylation sites (N-methyl/N-ethyl adjacent to an activating group) is 1. The Morgan fingerprint density at radius 2 is 1.94 bits per heavy atom. The van der Waals surface area contributed by atoms with E-state index in [9.17, 15) is 4.79 Å². The minimum Gasteiger partial charge on any atom is -0.465 e. The molecule has 0 unspecified atom stereocenters. The molecule has 1 aliphatic rings. The van der Waals surface area contributed by atoms with Gasteiger partial charge < -0.3 is 4.74 Å². The van der Waals surface area contributed by atoms with E-state index < -0.39 is 0 Å². The van der Waals surface area contributed by atoms with Crippen molar-refractivity contribution >= 4 is 5.97 Å². The van der Waals surface area contributed by atoms with Gasteiger partial charge in [0.25, 0.3) is 0 Å². The molecule has 17 heavy (non-hydrogen) atoms. The Hall–Kier alpha value is -0.570. The van der Waals surface area contributed by atoms with E-state index >= 15 is 0 Å². The van der Waals surface area contributed by atoms with Gasteiger partial charge in [-0.1, -0.05) is 20.3 Å². The van der Waals surface area contributed by atoms with E-state index in [1.807, 2.05) is 7.05 Å². The van der Waals surface area contributed by atoms with E-state index in [-0.39, 0.29) is 5.97 Å². The van der Waals surface area contributed by atoms with Gasteiger partial charge in [0.2, 0.25) is 0 Å². The molecule has 0 N–H and O–H groups in total. The summed E-state index contributed by atoms with van der Waals surface area (Å²) in [6.45, 7) is 5.44. The summed E-state index contributed by atoms with van der Waals surface area (Å²) in [7, 11) is 2.04. The molecule has 0 atom stereocenters. The average Bonchev–Trinajstić information content (AvgIpc) is 2.30. The van der Waals surface area contributed by atoms with Gasteiger partial charge in [0, 0.05) is 6.04 Å². The number of hydrogen-bond acceptors (Lipinski definition) is 3. The molecular weight excluding hydrogens is 214 g/mol. The second-order valence-electron chi connectivity index (χ2n) is 5.40. The summed E-state index contributed by atoms with van der Waals surface area (Å²) < 4.78 is 5.18. The highest BCUT2D eigenvalue weighted by Crippen LogP contribution is 2.26. The van der Waals surface area contributed by atoms with Crippen LogP contribution in [0.5, 0.6) is 0 Å². The van der Waals surface area contributed by atoms with Gasteiger partial charge in [-0.15, -0.1) is 0 Å². The van der Waals surface area contributed by atoms with Crippen LogP contribution < -0.4 is 0 Å². The number of nitrogens with zero attached hydrogens (tertiary/aromatic N) is 1. The fraction of sp³-hybridized carbons (Fsp3) is 0.929. The van der Waals surface area contributed by atoms with Crippen molar-refractivity contribution in [2.24, 2.45) is 5.92 Å². The summed E-state index contributed by atoms with van der Waals surface area (Å²) >= 11 is 0. The first-order chi connectivity index (χ1) is 8.13. The molecule has 0 aromatic heterocycles. The Bertz CT molecular complexity index is 222. The zero-order chi connectivity index (χ0) is 12.7. The van der Waals surface area contributed by atoms with Crippen LogP contribution in [0.4, 0.5) is 0 Å². The highest BCUT2D eigenvalue weighted by Gasteiger charge is 2.23. The Kier molecular flexibility index (Phi) is 6.56. The van der Waals surface area contributed by atoms with Gasteiger partial charge in [-0.2, -0.15) is 0 Å². The number of rotatable bonds is 6. The molecule has 3 nitrogen and oxygen atoms in total. The molecule has 1 saturated carbocycles. The third-order valence-corrected chi connectivity index (χ3v) is 3.75. The molecule has 1 rings (SSSR count). The minimum absolute atomic E-state index is 0.0698. The van der Waals surface area contributed by atoms with E-state index in [2.05, 4.69) is 18.7 Å².